The van der Waals surface area contributed by atoms with Crippen molar-refractivity contribution < 1.29 is 4.74 Å². The molecule has 1 N–H and O–H groups in total. The number of ether oxygens (including phenoxy) is 1. The minimum Gasteiger partial charge on any atom is -0.494 e. The third kappa shape index (κ3) is 3.42. The molecule has 2 aliphatic rings. The first-order valence-corrected chi connectivity index (χ1v) is 10.9. The van der Waals surface area contributed by atoms with Gasteiger partial charge < -0.3 is 10.1 Å². The van der Waals surface area contributed by atoms with Gasteiger partial charge in [-0.15, -0.1) is 0 Å². The lowest BCUT2D eigenvalue weighted by Gasteiger charge is -2.38. The molecule has 3 aromatic rings. The third-order valence-corrected chi connectivity index (χ3v) is 6.46. The molecule has 2 heteroatoms. The fraction of sp³-hybridized carbons (Fsp3) is 0.333. The van der Waals surface area contributed by atoms with Crippen LogP contribution in [0.15, 0.2) is 72.8 Å². The lowest BCUT2D eigenvalue weighted by atomic mass is 9.76. The zero-order valence-electron chi connectivity index (χ0n) is 17.3. The van der Waals surface area contributed by atoms with Crippen LogP contribution >= 0.6 is 0 Å². The topological polar surface area (TPSA) is 21.3 Å². The van der Waals surface area contributed by atoms with E-state index in [1.54, 1.807) is 0 Å². The Labute approximate surface area is 173 Å². The highest BCUT2D eigenvalue weighted by Gasteiger charge is 2.38. The lowest BCUT2D eigenvalue weighted by Crippen LogP contribution is -2.29. The van der Waals surface area contributed by atoms with E-state index in [-0.39, 0.29) is 0 Å². The largest absolute Gasteiger partial charge is 0.494 e. The Morgan fingerprint density at radius 2 is 1.86 bits per heavy atom. The predicted molar refractivity (Wildman–Crippen MR) is 122 cm³/mol. The van der Waals surface area contributed by atoms with Crippen LogP contribution in [0.5, 0.6) is 5.75 Å². The molecule has 0 saturated heterocycles. The van der Waals surface area contributed by atoms with E-state index >= 15 is 0 Å². The Bertz CT molecular complexity index is 1050. The predicted octanol–water partition coefficient (Wildman–Crippen LogP) is 7.09. The quantitative estimate of drug-likeness (QED) is 0.475. The maximum absolute atomic E-state index is 6.05. The summed E-state index contributed by atoms with van der Waals surface area (Å²) in [7, 11) is 0. The average molecular weight is 384 g/mol. The average Bonchev–Trinajstić information content (AvgIpc) is 3.23. The minimum absolute atomic E-state index is 0.321. The molecule has 0 radical (unpaired) electrons. The van der Waals surface area contributed by atoms with Crippen LogP contribution in [0.2, 0.25) is 0 Å². The van der Waals surface area contributed by atoms with Crippen molar-refractivity contribution in [1.29, 1.82) is 0 Å². The monoisotopic (exact) mass is 383 g/mol. The normalized spacial score (nSPS) is 22.4. The second-order valence-corrected chi connectivity index (χ2v) is 8.82. The summed E-state index contributed by atoms with van der Waals surface area (Å²) in [5.41, 5.74) is 4.03. The Balaban J connectivity index is 1.49. The maximum Gasteiger partial charge on any atom is 0.119 e. The number of benzene rings is 3. The van der Waals surface area contributed by atoms with E-state index in [1.807, 2.05) is 0 Å². The van der Waals surface area contributed by atoms with Gasteiger partial charge in [0.25, 0.3) is 0 Å². The molecular formula is C27H29NO. The highest BCUT2D eigenvalue weighted by molar-refractivity contribution is 5.86. The molecule has 0 bridgehead atoms. The van der Waals surface area contributed by atoms with Gasteiger partial charge in [-0.3, -0.25) is 0 Å². The smallest absolute Gasteiger partial charge is 0.119 e. The summed E-state index contributed by atoms with van der Waals surface area (Å²) in [6.07, 6.45) is 6.96. The summed E-state index contributed by atoms with van der Waals surface area (Å²) in [5, 5.41) is 6.55. The van der Waals surface area contributed by atoms with Gasteiger partial charge in [-0.1, -0.05) is 68.5 Å². The van der Waals surface area contributed by atoms with Crippen molar-refractivity contribution in [2.24, 2.45) is 11.8 Å². The zero-order chi connectivity index (χ0) is 19.8. The summed E-state index contributed by atoms with van der Waals surface area (Å²) in [6, 6.07) is 22.3. The first-order chi connectivity index (χ1) is 14.2. The number of nitrogens with one attached hydrogen (secondary N) is 1. The third-order valence-electron chi connectivity index (χ3n) is 6.46. The van der Waals surface area contributed by atoms with Crippen molar-refractivity contribution in [3.05, 3.63) is 83.9 Å². The van der Waals surface area contributed by atoms with Crippen LogP contribution in [0.3, 0.4) is 0 Å². The van der Waals surface area contributed by atoms with Crippen LogP contribution in [0.1, 0.15) is 49.8 Å². The molecule has 0 amide bonds. The number of anilines is 1. The molecule has 148 valence electrons. The minimum atomic E-state index is 0.321. The van der Waals surface area contributed by atoms with E-state index in [9.17, 15) is 0 Å². The maximum atomic E-state index is 6.05. The standard InChI is InChI=1S/C27H29NO/c1-18(2)15-16-29-20-13-14-26-25(17-20)22-10-6-12-24(22)27(28-26)23-11-5-8-19-7-3-4-9-21(19)23/h3-11,13-14,17-18,22,24,27-28H,12,15-16H2,1-2H3. The fourth-order valence-corrected chi connectivity index (χ4v) is 4.90. The Morgan fingerprint density at radius 3 is 2.76 bits per heavy atom. The van der Waals surface area contributed by atoms with Gasteiger partial charge in [-0.25, -0.2) is 0 Å². The Kier molecular flexibility index (Phi) is 4.79. The summed E-state index contributed by atoms with van der Waals surface area (Å²) in [4.78, 5) is 0. The van der Waals surface area contributed by atoms with Crippen molar-refractivity contribution in [1.82, 2.24) is 0 Å². The summed E-state index contributed by atoms with van der Waals surface area (Å²) in [6.45, 7) is 5.26. The second-order valence-electron chi connectivity index (χ2n) is 8.82. The van der Waals surface area contributed by atoms with Crippen molar-refractivity contribution in [3.63, 3.8) is 0 Å². The van der Waals surface area contributed by atoms with Gasteiger partial charge in [0.1, 0.15) is 5.75 Å². The molecule has 29 heavy (non-hydrogen) atoms. The molecule has 0 fully saturated rings. The van der Waals surface area contributed by atoms with E-state index in [4.69, 9.17) is 4.74 Å². The van der Waals surface area contributed by atoms with Crippen LogP contribution in [-0.4, -0.2) is 6.61 Å². The van der Waals surface area contributed by atoms with E-state index in [2.05, 4.69) is 92.0 Å². The first kappa shape index (κ1) is 18.3. The summed E-state index contributed by atoms with van der Waals surface area (Å²) < 4.78 is 6.05. The number of rotatable bonds is 5. The van der Waals surface area contributed by atoms with E-state index in [1.165, 1.54) is 27.6 Å². The molecule has 1 aliphatic carbocycles. The molecule has 3 aromatic carbocycles. The van der Waals surface area contributed by atoms with E-state index in [0.717, 1.165) is 25.2 Å². The molecule has 1 heterocycles. The van der Waals surface area contributed by atoms with Gasteiger partial charge >= 0.3 is 0 Å². The molecule has 5 rings (SSSR count). The van der Waals surface area contributed by atoms with Gasteiger partial charge in [0.2, 0.25) is 0 Å². The molecule has 1 aliphatic heterocycles. The van der Waals surface area contributed by atoms with Gasteiger partial charge in [-0.2, -0.15) is 0 Å². The van der Waals surface area contributed by atoms with Crippen LogP contribution in [-0.2, 0) is 0 Å². The van der Waals surface area contributed by atoms with E-state index in [0.29, 0.717) is 23.8 Å². The van der Waals surface area contributed by atoms with Crippen LogP contribution in [0.25, 0.3) is 10.8 Å². The first-order valence-electron chi connectivity index (χ1n) is 10.9. The van der Waals surface area contributed by atoms with Crippen molar-refractivity contribution in [3.8, 4) is 5.75 Å². The molecular weight excluding hydrogens is 354 g/mol. The van der Waals surface area contributed by atoms with Gasteiger partial charge in [0.15, 0.2) is 0 Å². The highest BCUT2D eigenvalue weighted by Crippen LogP contribution is 2.51. The van der Waals surface area contributed by atoms with Gasteiger partial charge in [0.05, 0.1) is 12.6 Å². The molecule has 3 atom stereocenters. The number of hydrogen-bond donors (Lipinski definition) is 1. The fourth-order valence-electron chi connectivity index (χ4n) is 4.90. The Morgan fingerprint density at radius 1 is 1.00 bits per heavy atom. The van der Waals surface area contributed by atoms with Gasteiger partial charge in [-0.05, 0) is 64.8 Å². The van der Waals surface area contributed by atoms with Crippen LogP contribution < -0.4 is 10.1 Å². The molecule has 0 spiro atoms. The summed E-state index contributed by atoms with van der Waals surface area (Å²) >= 11 is 0. The van der Waals surface area contributed by atoms with Crippen LogP contribution in [0, 0.1) is 11.8 Å². The van der Waals surface area contributed by atoms with E-state index < -0.39 is 0 Å². The highest BCUT2D eigenvalue weighted by atomic mass is 16.5. The number of fused-ring (bicyclic) bond motifs is 4. The number of hydrogen-bond acceptors (Lipinski definition) is 2. The SMILES string of the molecule is CC(C)CCOc1ccc2c(c1)C1C=CCC1C(c1cccc3ccccc13)N2. The lowest BCUT2D eigenvalue weighted by molar-refractivity contribution is 0.289. The van der Waals surface area contributed by atoms with Crippen molar-refractivity contribution in [2.45, 2.75) is 38.6 Å². The van der Waals surface area contributed by atoms with Crippen molar-refractivity contribution in [2.75, 3.05) is 11.9 Å². The molecule has 2 nitrogen and oxygen atoms in total. The van der Waals surface area contributed by atoms with Crippen molar-refractivity contribution >= 4 is 16.5 Å². The molecule has 0 saturated carbocycles. The zero-order valence-corrected chi connectivity index (χ0v) is 17.3. The summed E-state index contributed by atoms with van der Waals surface area (Å²) in [5.74, 6) is 2.65. The van der Waals surface area contributed by atoms with Crippen LogP contribution in [0.4, 0.5) is 5.69 Å². The Hall–Kier alpha value is -2.74. The second kappa shape index (κ2) is 7.59. The number of allylic oxidation sites excluding steroid dienone is 2. The van der Waals surface area contributed by atoms with Gasteiger partial charge in [0, 0.05) is 11.6 Å². The molecule has 0 aromatic heterocycles. The molecule has 3 unspecified atom stereocenters.